The highest BCUT2D eigenvalue weighted by Gasteiger charge is 2.45. The number of nitrogens with one attached hydrogen (secondary N) is 3. The molecule has 8 nitrogen and oxygen atoms in total. The lowest BCUT2D eigenvalue weighted by atomic mass is 9.91. The normalized spacial score (nSPS) is 17.1. The highest BCUT2D eigenvalue weighted by atomic mass is 16.2. The Bertz CT molecular complexity index is 1200. The number of hydrogen-bond donors (Lipinski definition) is 3. The van der Waals surface area contributed by atoms with Gasteiger partial charge in [-0.05, 0) is 80.5 Å². The molecule has 3 rings (SSSR count). The molecule has 1 heterocycles. The van der Waals surface area contributed by atoms with E-state index in [1.807, 2.05) is 56.9 Å². The summed E-state index contributed by atoms with van der Waals surface area (Å²) in [6, 6.07) is 12.5. The van der Waals surface area contributed by atoms with Gasteiger partial charge < -0.3 is 15.5 Å². The third-order valence-corrected chi connectivity index (χ3v) is 6.58. The largest absolute Gasteiger partial charge is 0.342 e. The van der Waals surface area contributed by atoms with Crippen LogP contribution >= 0.6 is 0 Å². The monoisotopic (exact) mass is 519 g/mol. The van der Waals surface area contributed by atoms with E-state index in [1.165, 1.54) is 4.90 Å². The summed E-state index contributed by atoms with van der Waals surface area (Å²) < 4.78 is 0. The van der Waals surface area contributed by atoms with Gasteiger partial charge in [-0.2, -0.15) is 0 Å². The SMILES string of the molecule is CCCN(CCC)C(=O)c1cc(C)cc(C(=O)Nc2cccc(CN3C(=N)NC(C)(CC(C)C)C3=O)c2)c1. The molecule has 1 saturated heterocycles. The van der Waals surface area contributed by atoms with Gasteiger partial charge >= 0.3 is 0 Å². The van der Waals surface area contributed by atoms with E-state index < -0.39 is 5.54 Å². The highest BCUT2D eigenvalue weighted by molar-refractivity contribution is 6.08. The number of nitrogens with zero attached hydrogens (tertiary/aromatic N) is 2. The minimum absolute atomic E-state index is 0.0655. The van der Waals surface area contributed by atoms with Gasteiger partial charge in [-0.3, -0.25) is 24.7 Å². The van der Waals surface area contributed by atoms with Crippen LogP contribution < -0.4 is 10.6 Å². The van der Waals surface area contributed by atoms with Crippen molar-refractivity contribution in [3.05, 3.63) is 64.7 Å². The fraction of sp³-hybridized carbons (Fsp3) is 0.467. The van der Waals surface area contributed by atoms with E-state index in [1.54, 1.807) is 18.2 Å². The molecule has 1 aliphatic heterocycles. The first kappa shape index (κ1) is 28.9. The van der Waals surface area contributed by atoms with Crippen molar-refractivity contribution in [1.29, 1.82) is 5.41 Å². The molecule has 3 N–H and O–H groups in total. The summed E-state index contributed by atoms with van der Waals surface area (Å²) in [5.41, 5.74) is 2.35. The molecule has 8 heteroatoms. The molecule has 0 spiro atoms. The molecular formula is C30H41N5O3. The standard InChI is InChI=1S/C30H41N5O3/c1-7-12-34(13-8-2)27(37)24-15-21(5)14-23(17-24)26(36)32-25-11-9-10-22(16-25)19-35-28(38)30(6,18-20(3)4)33-29(35)31/h9-11,14-17,20H,7-8,12-13,18-19H2,1-6H3,(H2,31,33)(H,32,36). The van der Waals surface area contributed by atoms with Crippen molar-refractivity contribution < 1.29 is 14.4 Å². The molecule has 2 aromatic rings. The van der Waals surface area contributed by atoms with Crippen molar-refractivity contribution in [1.82, 2.24) is 15.1 Å². The summed E-state index contributed by atoms with van der Waals surface area (Å²) in [4.78, 5) is 42.7. The van der Waals surface area contributed by atoms with Crippen molar-refractivity contribution in [2.45, 2.75) is 72.9 Å². The van der Waals surface area contributed by atoms with Gasteiger partial charge in [0.05, 0.1) is 6.54 Å². The average molecular weight is 520 g/mol. The fourth-order valence-corrected chi connectivity index (χ4v) is 5.10. The zero-order valence-electron chi connectivity index (χ0n) is 23.5. The van der Waals surface area contributed by atoms with Gasteiger partial charge in [0.15, 0.2) is 5.96 Å². The Labute approximate surface area is 226 Å². The number of hydrogen-bond acceptors (Lipinski definition) is 4. The third kappa shape index (κ3) is 6.79. The number of anilines is 1. The van der Waals surface area contributed by atoms with Gasteiger partial charge in [0.2, 0.25) is 0 Å². The summed E-state index contributed by atoms with van der Waals surface area (Å²) in [7, 11) is 0. The molecule has 1 aliphatic rings. The Morgan fingerprint density at radius 3 is 2.37 bits per heavy atom. The third-order valence-electron chi connectivity index (χ3n) is 6.58. The first-order chi connectivity index (χ1) is 18.0. The summed E-state index contributed by atoms with van der Waals surface area (Å²) in [5, 5.41) is 14.3. The molecule has 1 unspecified atom stereocenters. The van der Waals surface area contributed by atoms with Crippen LogP contribution in [0.2, 0.25) is 0 Å². The summed E-state index contributed by atoms with van der Waals surface area (Å²) in [5.74, 6) is -0.105. The minimum atomic E-state index is -0.790. The van der Waals surface area contributed by atoms with Gasteiger partial charge in [0, 0.05) is 29.9 Å². The molecule has 3 amide bonds. The van der Waals surface area contributed by atoms with Gasteiger partial charge in [-0.1, -0.05) is 39.8 Å². The predicted octanol–water partition coefficient (Wildman–Crippen LogP) is 5.18. The fourth-order valence-electron chi connectivity index (χ4n) is 5.10. The van der Waals surface area contributed by atoms with Crippen LogP contribution in [0.4, 0.5) is 5.69 Å². The smallest absolute Gasteiger partial charge is 0.255 e. The molecule has 2 aromatic carbocycles. The van der Waals surface area contributed by atoms with Crippen LogP contribution in [0.15, 0.2) is 42.5 Å². The first-order valence-corrected chi connectivity index (χ1v) is 13.5. The maximum absolute atomic E-state index is 13.2. The Morgan fingerprint density at radius 1 is 1.08 bits per heavy atom. The zero-order valence-corrected chi connectivity index (χ0v) is 23.5. The van der Waals surface area contributed by atoms with Crippen LogP contribution in [0.5, 0.6) is 0 Å². The van der Waals surface area contributed by atoms with Crippen LogP contribution in [-0.4, -0.2) is 52.1 Å². The first-order valence-electron chi connectivity index (χ1n) is 13.5. The summed E-state index contributed by atoms with van der Waals surface area (Å²) in [6.45, 7) is 13.5. The second-order valence-electron chi connectivity index (χ2n) is 10.8. The van der Waals surface area contributed by atoms with Gasteiger partial charge in [0.1, 0.15) is 5.54 Å². The van der Waals surface area contributed by atoms with Crippen molar-refractivity contribution >= 4 is 29.4 Å². The van der Waals surface area contributed by atoms with Crippen molar-refractivity contribution in [3.63, 3.8) is 0 Å². The lowest BCUT2D eigenvalue weighted by molar-refractivity contribution is -0.131. The number of benzene rings is 2. The molecule has 1 fully saturated rings. The number of carbonyl (C=O) groups excluding carboxylic acids is 3. The van der Waals surface area contributed by atoms with E-state index in [0.29, 0.717) is 42.2 Å². The van der Waals surface area contributed by atoms with E-state index in [9.17, 15) is 14.4 Å². The second-order valence-corrected chi connectivity index (χ2v) is 10.8. The topological polar surface area (TPSA) is 106 Å². The molecule has 0 bridgehead atoms. The van der Waals surface area contributed by atoms with Crippen LogP contribution in [-0.2, 0) is 11.3 Å². The number of carbonyl (C=O) groups is 3. The highest BCUT2D eigenvalue weighted by Crippen LogP contribution is 2.26. The predicted molar refractivity (Wildman–Crippen MR) is 151 cm³/mol. The minimum Gasteiger partial charge on any atom is -0.342 e. The maximum Gasteiger partial charge on any atom is 0.255 e. The summed E-state index contributed by atoms with van der Waals surface area (Å²) in [6.07, 6.45) is 2.38. The second kappa shape index (κ2) is 12.2. The lowest BCUT2D eigenvalue weighted by Crippen LogP contribution is -2.44. The molecule has 38 heavy (non-hydrogen) atoms. The number of amides is 3. The average Bonchev–Trinajstić information content (AvgIpc) is 3.05. The van der Waals surface area contributed by atoms with E-state index in [0.717, 1.165) is 24.0 Å². The molecular weight excluding hydrogens is 478 g/mol. The Kier molecular flexibility index (Phi) is 9.31. The van der Waals surface area contributed by atoms with Crippen LogP contribution in [0.3, 0.4) is 0 Å². The maximum atomic E-state index is 13.2. The van der Waals surface area contributed by atoms with Gasteiger partial charge in [-0.15, -0.1) is 0 Å². The molecule has 0 aromatic heterocycles. The lowest BCUT2D eigenvalue weighted by Gasteiger charge is -2.24. The Hall–Kier alpha value is -3.68. The van der Waals surface area contributed by atoms with Crippen molar-refractivity contribution in [3.8, 4) is 0 Å². The van der Waals surface area contributed by atoms with Gasteiger partial charge in [0.25, 0.3) is 17.7 Å². The van der Waals surface area contributed by atoms with E-state index in [-0.39, 0.29) is 30.2 Å². The van der Waals surface area contributed by atoms with Gasteiger partial charge in [-0.25, -0.2) is 0 Å². The molecule has 0 saturated carbocycles. The zero-order chi connectivity index (χ0) is 28.0. The van der Waals surface area contributed by atoms with Crippen LogP contribution in [0.1, 0.15) is 85.7 Å². The quantitative estimate of drug-likeness (QED) is 0.380. The number of rotatable bonds is 11. The summed E-state index contributed by atoms with van der Waals surface area (Å²) >= 11 is 0. The number of aryl methyl sites for hydroxylation is 1. The molecule has 0 radical (unpaired) electrons. The Balaban J connectivity index is 1.75. The van der Waals surface area contributed by atoms with Crippen LogP contribution in [0, 0.1) is 18.3 Å². The molecule has 204 valence electrons. The number of guanidine groups is 1. The van der Waals surface area contributed by atoms with Crippen molar-refractivity contribution in [2.75, 3.05) is 18.4 Å². The van der Waals surface area contributed by atoms with E-state index >= 15 is 0 Å². The van der Waals surface area contributed by atoms with E-state index in [4.69, 9.17) is 5.41 Å². The van der Waals surface area contributed by atoms with Crippen LogP contribution in [0.25, 0.3) is 0 Å². The molecule has 0 aliphatic carbocycles. The Morgan fingerprint density at radius 2 is 1.74 bits per heavy atom. The van der Waals surface area contributed by atoms with Crippen molar-refractivity contribution in [2.24, 2.45) is 5.92 Å². The molecule has 1 atom stereocenters. The van der Waals surface area contributed by atoms with E-state index in [2.05, 4.69) is 24.5 Å².